The molecule has 0 aromatic carbocycles. The Morgan fingerprint density at radius 1 is 0.927 bits per heavy atom. The molecule has 0 spiro atoms. The van der Waals surface area contributed by atoms with Crippen LogP contribution in [0, 0.1) is 39.4 Å². The van der Waals surface area contributed by atoms with Crippen LogP contribution in [-0.4, -0.2) is 71.6 Å². The molecule has 3 aliphatic carbocycles. The van der Waals surface area contributed by atoms with E-state index in [2.05, 4.69) is 6.58 Å². The number of carbonyl (C=O) groups excluding carboxylic acids is 6. The molecule has 4 aliphatic rings. The molecule has 41 heavy (non-hydrogen) atoms. The number of allylic oxidation sites excluding steroid dienone is 1. The number of carbonyl (C=O) groups is 6. The van der Waals surface area contributed by atoms with Gasteiger partial charge in [0.15, 0.2) is 5.78 Å². The van der Waals surface area contributed by atoms with Crippen LogP contribution in [0.5, 0.6) is 0 Å². The number of ether oxygens (including phenoxy) is 4. The molecule has 0 aromatic rings. The summed E-state index contributed by atoms with van der Waals surface area (Å²) >= 11 is 0. The van der Waals surface area contributed by atoms with E-state index in [1.165, 1.54) is 27.7 Å². The fourth-order valence-electron chi connectivity index (χ4n) is 9.12. The van der Waals surface area contributed by atoms with E-state index in [4.69, 9.17) is 18.9 Å². The van der Waals surface area contributed by atoms with Crippen LogP contribution < -0.4 is 0 Å². The summed E-state index contributed by atoms with van der Waals surface area (Å²) in [7, 11) is 1.08. The summed E-state index contributed by atoms with van der Waals surface area (Å²) in [5.74, 6) is -7.34. The number of cyclic esters (lactones) is 1. The Hall–Kier alpha value is -3.08. The van der Waals surface area contributed by atoms with E-state index in [9.17, 15) is 33.9 Å². The summed E-state index contributed by atoms with van der Waals surface area (Å²) < 4.78 is 22.2. The maximum Gasteiger partial charge on any atom is 0.358 e. The second-order valence-electron chi connectivity index (χ2n) is 13.4. The number of methoxy groups -OCH3 is 1. The third-order valence-electron chi connectivity index (χ3n) is 11.0. The molecule has 1 saturated heterocycles. The van der Waals surface area contributed by atoms with E-state index in [0.717, 1.165) is 7.11 Å². The van der Waals surface area contributed by atoms with Crippen molar-refractivity contribution in [3.8, 4) is 0 Å². The lowest BCUT2D eigenvalue weighted by atomic mass is 9.33. The lowest BCUT2D eigenvalue weighted by Gasteiger charge is -2.71. The predicted octanol–water partition coefficient (Wildman–Crippen LogP) is 2.11. The molecule has 1 N–H and O–H groups in total. The molecule has 1 aliphatic heterocycles. The number of esters is 4. The molecule has 3 saturated carbocycles. The summed E-state index contributed by atoms with van der Waals surface area (Å²) in [6, 6.07) is 0. The molecule has 0 bridgehead atoms. The minimum atomic E-state index is -2.25. The monoisotopic (exact) mass is 576 g/mol. The Labute approximate surface area is 239 Å². The molecule has 0 aromatic heterocycles. The summed E-state index contributed by atoms with van der Waals surface area (Å²) in [5, 5.41) is 11.6. The molecule has 1 heterocycles. The smallest absolute Gasteiger partial charge is 0.358 e. The highest BCUT2D eigenvalue weighted by Gasteiger charge is 2.80. The molecule has 0 amide bonds. The van der Waals surface area contributed by atoms with Gasteiger partial charge in [-0.1, -0.05) is 39.8 Å². The van der Waals surface area contributed by atoms with Crippen molar-refractivity contribution in [3.63, 3.8) is 0 Å². The number of rotatable bonds is 3. The minimum absolute atomic E-state index is 0.0820. The first-order valence-corrected chi connectivity index (χ1v) is 13.8. The van der Waals surface area contributed by atoms with Gasteiger partial charge in [0.2, 0.25) is 0 Å². The van der Waals surface area contributed by atoms with Gasteiger partial charge in [-0.15, -0.1) is 0 Å². The zero-order valence-corrected chi connectivity index (χ0v) is 25.1. The average molecular weight is 577 g/mol. The second-order valence-corrected chi connectivity index (χ2v) is 13.4. The van der Waals surface area contributed by atoms with Crippen molar-refractivity contribution in [3.05, 3.63) is 12.2 Å². The van der Waals surface area contributed by atoms with E-state index >= 15 is 0 Å². The highest BCUT2D eigenvalue weighted by atomic mass is 16.6. The fraction of sp³-hybridized carbons (Fsp3) is 0.733. The van der Waals surface area contributed by atoms with E-state index in [0.29, 0.717) is 5.57 Å². The van der Waals surface area contributed by atoms with Crippen molar-refractivity contribution < 1.29 is 52.8 Å². The number of ketones is 2. The van der Waals surface area contributed by atoms with Crippen LogP contribution in [0.25, 0.3) is 0 Å². The van der Waals surface area contributed by atoms with Crippen molar-refractivity contribution >= 4 is 35.4 Å². The first-order chi connectivity index (χ1) is 18.7. The zero-order valence-electron chi connectivity index (χ0n) is 25.1. The van der Waals surface area contributed by atoms with Crippen LogP contribution in [-0.2, 0) is 47.7 Å². The summed E-state index contributed by atoms with van der Waals surface area (Å²) in [4.78, 5) is 79.6. The highest BCUT2D eigenvalue weighted by molar-refractivity contribution is 6.15. The molecular formula is C30H40O11. The Balaban J connectivity index is 2.07. The predicted molar refractivity (Wildman–Crippen MR) is 141 cm³/mol. The Morgan fingerprint density at radius 2 is 1.49 bits per heavy atom. The number of Topliss-reactive ketones (excluding diaryl/α,β-unsaturated/α-hetero) is 2. The molecule has 11 nitrogen and oxygen atoms in total. The van der Waals surface area contributed by atoms with Crippen LogP contribution in [0.4, 0.5) is 0 Å². The maximum absolute atomic E-state index is 14.2. The van der Waals surface area contributed by atoms with E-state index in [1.54, 1.807) is 27.7 Å². The van der Waals surface area contributed by atoms with Gasteiger partial charge < -0.3 is 24.1 Å². The van der Waals surface area contributed by atoms with Crippen LogP contribution in [0.1, 0.15) is 68.2 Å². The van der Waals surface area contributed by atoms with Crippen LogP contribution in [0.3, 0.4) is 0 Å². The summed E-state index contributed by atoms with van der Waals surface area (Å²) in [6.07, 6.45) is -3.93. The average Bonchev–Trinajstić information content (AvgIpc) is 2.84. The van der Waals surface area contributed by atoms with Gasteiger partial charge in [0.1, 0.15) is 18.0 Å². The van der Waals surface area contributed by atoms with Crippen molar-refractivity contribution in [2.45, 2.75) is 92.1 Å². The molecule has 226 valence electrons. The highest BCUT2D eigenvalue weighted by Crippen LogP contribution is 2.73. The molecule has 11 heteroatoms. The molecular weight excluding hydrogens is 536 g/mol. The number of hydrogen-bond donors (Lipinski definition) is 1. The van der Waals surface area contributed by atoms with Gasteiger partial charge in [-0.3, -0.25) is 24.0 Å². The SMILES string of the molecule is C=C1C[C@@H]2[C@@](C)([C@H](OC(C)=O)[C@@H](OC(C)=O)[C@@H]3C(C)(C)C(=O)C[C@H](O)[C@]23C)[C@H]2C(=O)O[C@@](C)(C(=O)OC)C(=O)[C@]12C. The molecule has 0 radical (unpaired) electrons. The number of aliphatic hydroxyl groups excluding tert-OH is 1. The van der Waals surface area contributed by atoms with Gasteiger partial charge in [-0.25, -0.2) is 4.79 Å². The molecule has 4 rings (SSSR count). The topological polar surface area (TPSA) is 160 Å². The normalized spacial score (nSPS) is 44.9. The van der Waals surface area contributed by atoms with Crippen molar-refractivity contribution in [1.29, 1.82) is 0 Å². The number of fused-ring (bicyclic) bond motifs is 5. The number of aliphatic hydroxyl groups is 1. The van der Waals surface area contributed by atoms with Gasteiger partial charge in [0.05, 0.1) is 24.5 Å². The number of hydrogen-bond acceptors (Lipinski definition) is 11. The minimum Gasteiger partial charge on any atom is -0.466 e. The Bertz CT molecular complexity index is 1270. The lowest BCUT2D eigenvalue weighted by molar-refractivity contribution is -0.295. The van der Waals surface area contributed by atoms with Crippen molar-refractivity contribution in [1.82, 2.24) is 0 Å². The van der Waals surface area contributed by atoms with E-state index < -0.39 is 93.0 Å². The summed E-state index contributed by atoms with van der Waals surface area (Å²) in [5.41, 5.74) is -7.42. The largest absolute Gasteiger partial charge is 0.466 e. The standard InChI is InChI=1S/C30H40O11/c1-13-11-16-28(7)18(34)12-17(33)26(4,5)20(28)19(39-14(2)31)22(40-15(3)32)29(16,8)21-23(35)41-30(9,25(37)38-10)24(36)27(13,21)6/h16,18-22,34H,1,11-12H2,2-10H3/t16-,18-,19-,20+,21-,22+,27+,28-,29+,30+/m0/s1. The van der Waals surface area contributed by atoms with E-state index in [1.807, 2.05) is 0 Å². The quantitative estimate of drug-likeness (QED) is 0.227. The fourth-order valence-corrected chi connectivity index (χ4v) is 9.12. The van der Waals surface area contributed by atoms with Crippen molar-refractivity contribution in [2.75, 3.05) is 7.11 Å². The Morgan fingerprint density at radius 3 is 2.00 bits per heavy atom. The van der Waals surface area contributed by atoms with Crippen molar-refractivity contribution in [2.24, 2.45) is 39.4 Å². The molecule has 0 unspecified atom stereocenters. The van der Waals surface area contributed by atoms with Gasteiger partial charge in [0, 0.05) is 42.4 Å². The van der Waals surface area contributed by atoms with E-state index in [-0.39, 0.29) is 18.6 Å². The third-order valence-corrected chi connectivity index (χ3v) is 11.0. The maximum atomic E-state index is 14.2. The van der Waals surface area contributed by atoms with Crippen LogP contribution >= 0.6 is 0 Å². The Kier molecular flexibility index (Phi) is 6.93. The molecule has 10 atom stereocenters. The second kappa shape index (κ2) is 9.21. The van der Waals surface area contributed by atoms with Crippen LogP contribution in [0.2, 0.25) is 0 Å². The van der Waals surface area contributed by atoms with Gasteiger partial charge in [-0.05, 0) is 26.2 Å². The van der Waals surface area contributed by atoms with Gasteiger partial charge in [-0.2, -0.15) is 0 Å². The lowest BCUT2D eigenvalue weighted by Crippen LogP contribution is -2.79. The van der Waals surface area contributed by atoms with Gasteiger partial charge in [0.25, 0.3) is 5.60 Å². The summed E-state index contributed by atoms with van der Waals surface area (Å²) in [6.45, 7) is 16.1. The first kappa shape index (κ1) is 30.9. The zero-order chi connectivity index (χ0) is 31.2. The van der Waals surface area contributed by atoms with Gasteiger partial charge >= 0.3 is 23.9 Å². The third kappa shape index (κ3) is 3.73. The van der Waals surface area contributed by atoms with Crippen LogP contribution in [0.15, 0.2) is 12.2 Å². The molecule has 4 fully saturated rings. The first-order valence-electron chi connectivity index (χ1n) is 13.8.